The van der Waals surface area contributed by atoms with E-state index in [9.17, 15) is 4.79 Å². The molecule has 0 saturated heterocycles. The summed E-state index contributed by atoms with van der Waals surface area (Å²) in [4.78, 5) is 11.2. The molecule has 78 valence electrons. The Morgan fingerprint density at radius 1 is 1.53 bits per heavy atom. The smallest absolute Gasteiger partial charge is 0.308 e. The largest absolute Gasteiger partial charge is 0.469 e. The highest BCUT2D eigenvalue weighted by Crippen LogP contribution is 2.13. The van der Waals surface area contributed by atoms with Crippen molar-refractivity contribution >= 4 is 5.97 Å². The monoisotopic (exact) mass is 203 g/mol. The molecule has 1 unspecified atom stereocenters. The molecule has 0 aliphatic carbocycles. The molecule has 1 atom stereocenters. The molecule has 3 heteroatoms. The number of benzene rings is 1. The SMILES string of the molecule is COC(=O)C(C)Cc1ccccc1C#N. The highest BCUT2D eigenvalue weighted by Gasteiger charge is 2.15. The maximum Gasteiger partial charge on any atom is 0.308 e. The van der Waals surface area contributed by atoms with E-state index in [1.165, 1.54) is 7.11 Å². The van der Waals surface area contributed by atoms with Gasteiger partial charge in [0.25, 0.3) is 0 Å². The highest BCUT2D eigenvalue weighted by molar-refractivity contribution is 5.72. The summed E-state index contributed by atoms with van der Waals surface area (Å²) in [6.07, 6.45) is 0.538. The van der Waals surface area contributed by atoms with E-state index in [0.29, 0.717) is 12.0 Å². The van der Waals surface area contributed by atoms with Crippen LogP contribution in [0.3, 0.4) is 0 Å². The Morgan fingerprint density at radius 2 is 2.20 bits per heavy atom. The van der Waals surface area contributed by atoms with Crippen LogP contribution in [0.2, 0.25) is 0 Å². The number of nitrogens with zero attached hydrogens (tertiary/aromatic N) is 1. The van der Waals surface area contributed by atoms with Crippen LogP contribution in [-0.2, 0) is 16.0 Å². The normalized spacial score (nSPS) is 11.5. The van der Waals surface area contributed by atoms with E-state index >= 15 is 0 Å². The molecule has 0 aromatic heterocycles. The third-order valence-electron chi connectivity index (χ3n) is 2.27. The topological polar surface area (TPSA) is 50.1 Å². The van der Waals surface area contributed by atoms with Crippen molar-refractivity contribution in [2.45, 2.75) is 13.3 Å². The van der Waals surface area contributed by atoms with Crippen LogP contribution in [0.5, 0.6) is 0 Å². The van der Waals surface area contributed by atoms with Crippen molar-refractivity contribution in [3.8, 4) is 6.07 Å². The minimum absolute atomic E-state index is 0.218. The van der Waals surface area contributed by atoms with Crippen LogP contribution in [0.1, 0.15) is 18.1 Å². The van der Waals surface area contributed by atoms with E-state index in [2.05, 4.69) is 10.8 Å². The Kier molecular flexibility index (Phi) is 3.87. The Balaban J connectivity index is 2.81. The summed E-state index contributed by atoms with van der Waals surface area (Å²) in [5.74, 6) is -0.466. The highest BCUT2D eigenvalue weighted by atomic mass is 16.5. The molecule has 1 rings (SSSR count). The van der Waals surface area contributed by atoms with E-state index in [-0.39, 0.29) is 11.9 Å². The summed E-state index contributed by atoms with van der Waals surface area (Å²) < 4.78 is 4.64. The molecule has 1 aromatic carbocycles. The van der Waals surface area contributed by atoms with E-state index in [0.717, 1.165) is 5.56 Å². The first-order valence-electron chi connectivity index (χ1n) is 4.75. The minimum atomic E-state index is -0.247. The average Bonchev–Trinajstić information content (AvgIpc) is 2.28. The third-order valence-corrected chi connectivity index (χ3v) is 2.27. The Hall–Kier alpha value is -1.82. The van der Waals surface area contributed by atoms with Crippen molar-refractivity contribution in [2.24, 2.45) is 5.92 Å². The number of hydrogen-bond donors (Lipinski definition) is 0. The van der Waals surface area contributed by atoms with Crippen molar-refractivity contribution in [1.82, 2.24) is 0 Å². The third kappa shape index (κ3) is 2.81. The summed E-state index contributed by atoms with van der Waals surface area (Å²) >= 11 is 0. The number of carbonyl (C=O) groups is 1. The number of methoxy groups -OCH3 is 1. The quantitative estimate of drug-likeness (QED) is 0.705. The predicted octanol–water partition coefficient (Wildman–Crippen LogP) is 1.91. The Morgan fingerprint density at radius 3 is 2.80 bits per heavy atom. The van der Waals surface area contributed by atoms with E-state index in [4.69, 9.17) is 5.26 Å². The predicted molar refractivity (Wildman–Crippen MR) is 56.0 cm³/mol. The van der Waals surface area contributed by atoms with Gasteiger partial charge < -0.3 is 4.74 Å². The number of ether oxygens (including phenoxy) is 1. The number of carbonyl (C=O) groups excluding carboxylic acids is 1. The van der Waals surface area contributed by atoms with Gasteiger partial charge in [0.15, 0.2) is 0 Å². The molecule has 0 aliphatic heterocycles. The first-order chi connectivity index (χ1) is 7.19. The number of rotatable bonds is 3. The molecular weight excluding hydrogens is 190 g/mol. The van der Waals surface area contributed by atoms with Gasteiger partial charge in [-0.2, -0.15) is 5.26 Å². The van der Waals surface area contributed by atoms with Gasteiger partial charge in [-0.15, -0.1) is 0 Å². The summed E-state index contributed by atoms with van der Waals surface area (Å²) in [6.45, 7) is 1.79. The van der Waals surface area contributed by atoms with Crippen molar-refractivity contribution < 1.29 is 9.53 Å². The van der Waals surface area contributed by atoms with E-state index in [1.54, 1.807) is 13.0 Å². The maximum absolute atomic E-state index is 11.2. The number of esters is 1. The fraction of sp³-hybridized carbons (Fsp3) is 0.333. The summed E-state index contributed by atoms with van der Waals surface area (Å²) in [5, 5.41) is 8.86. The van der Waals surface area contributed by atoms with Crippen LogP contribution in [0.15, 0.2) is 24.3 Å². The van der Waals surface area contributed by atoms with Gasteiger partial charge in [0.1, 0.15) is 0 Å². The molecule has 0 fully saturated rings. The van der Waals surface area contributed by atoms with Gasteiger partial charge in [0.2, 0.25) is 0 Å². The molecule has 1 aromatic rings. The van der Waals surface area contributed by atoms with Gasteiger partial charge in [-0.25, -0.2) is 0 Å². The summed E-state index contributed by atoms with van der Waals surface area (Å²) in [7, 11) is 1.37. The molecule has 15 heavy (non-hydrogen) atoms. The second kappa shape index (κ2) is 5.16. The van der Waals surface area contributed by atoms with Gasteiger partial charge >= 0.3 is 5.97 Å². The zero-order chi connectivity index (χ0) is 11.3. The lowest BCUT2D eigenvalue weighted by Gasteiger charge is -2.09. The van der Waals surface area contributed by atoms with Crippen molar-refractivity contribution in [1.29, 1.82) is 5.26 Å². The van der Waals surface area contributed by atoms with Gasteiger partial charge in [-0.05, 0) is 18.1 Å². The number of nitriles is 1. The van der Waals surface area contributed by atoms with Crippen LogP contribution in [0, 0.1) is 17.2 Å². The zero-order valence-corrected chi connectivity index (χ0v) is 8.86. The van der Waals surface area contributed by atoms with Gasteiger partial charge in [-0.1, -0.05) is 25.1 Å². The molecule has 0 bridgehead atoms. The van der Waals surface area contributed by atoms with E-state index < -0.39 is 0 Å². The Bertz CT molecular complexity index is 393. The zero-order valence-electron chi connectivity index (χ0n) is 8.86. The maximum atomic E-state index is 11.2. The van der Waals surface area contributed by atoms with Crippen LogP contribution >= 0.6 is 0 Å². The molecule has 0 saturated carbocycles. The molecule has 0 spiro atoms. The van der Waals surface area contributed by atoms with Crippen LogP contribution in [0.25, 0.3) is 0 Å². The van der Waals surface area contributed by atoms with Gasteiger partial charge in [-0.3, -0.25) is 4.79 Å². The second-order valence-electron chi connectivity index (χ2n) is 3.40. The first kappa shape index (κ1) is 11.3. The minimum Gasteiger partial charge on any atom is -0.469 e. The van der Waals surface area contributed by atoms with Crippen molar-refractivity contribution in [2.75, 3.05) is 7.11 Å². The van der Waals surface area contributed by atoms with Crippen LogP contribution in [0.4, 0.5) is 0 Å². The molecular formula is C12H13NO2. The lowest BCUT2D eigenvalue weighted by Crippen LogP contribution is -2.15. The molecule has 0 aliphatic rings. The summed E-state index contributed by atoms with van der Waals surface area (Å²) in [5.41, 5.74) is 1.51. The standard InChI is InChI=1S/C12H13NO2/c1-9(12(14)15-2)7-10-5-3-4-6-11(10)8-13/h3-6,9H,7H2,1-2H3. The fourth-order valence-electron chi connectivity index (χ4n) is 1.42. The van der Waals surface area contributed by atoms with Crippen LogP contribution in [-0.4, -0.2) is 13.1 Å². The molecule has 3 nitrogen and oxygen atoms in total. The van der Waals surface area contributed by atoms with Crippen LogP contribution < -0.4 is 0 Å². The van der Waals surface area contributed by atoms with Crippen molar-refractivity contribution in [3.63, 3.8) is 0 Å². The van der Waals surface area contributed by atoms with Gasteiger partial charge in [0, 0.05) is 0 Å². The van der Waals surface area contributed by atoms with Gasteiger partial charge in [0.05, 0.1) is 24.7 Å². The fourth-order valence-corrected chi connectivity index (χ4v) is 1.42. The van der Waals surface area contributed by atoms with Crippen molar-refractivity contribution in [3.05, 3.63) is 35.4 Å². The molecule has 0 heterocycles. The lowest BCUT2D eigenvalue weighted by molar-refractivity contribution is -0.144. The Labute approximate surface area is 89.3 Å². The summed E-state index contributed by atoms with van der Waals surface area (Å²) in [6, 6.07) is 9.39. The second-order valence-corrected chi connectivity index (χ2v) is 3.40. The van der Waals surface area contributed by atoms with E-state index in [1.807, 2.05) is 18.2 Å². The average molecular weight is 203 g/mol. The first-order valence-corrected chi connectivity index (χ1v) is 4.75. The molecule has 0 N–H and O–H groups in total. The lowest BCUT2D eigenvalue weighted by atomic mass is 9.97. The molecule has 0 radical (unpaired) electrons. The number of hydrogen-bond acceptors (Lipinski definition) is 3. The molecule has 0 amide bonds.